The van der Waals surface area contributed by atoms with Gasteiger partial charge in [0.25, 0.3) is 0 Å². The van der Waals surface area contributed by atoms with E-state index in [1.54, 1.807) is 0 Å². The highest BCUT2D eigenvalue weighted by atomic mass is 14.8. The van der Waals surface area contributed by atoms with E-state index >= 15 is 0 Å². The Bertz CT molecular complexity index is 502. The van der Waals surface area contributed by atoms with Crippen LogP contribution in [0.3, 0.4) is 0 Å². The van der Waals surface area contributed by atoms with Gasteiger partial charge in [0.1, 0.15) is 0 Å². The number of rotatable bonds is 2. The Balaban J connectivity index is 1.84. The van der Waals surface area contributed by atoms with Crippen LogP contribution in [0.1, 0.15) is 82.3 Å². The van der Waals surface area contributed by atoms with Crippen LogP contribution >= 0.6 is 0 Å². The third kappa shape index (κ3) is 3.23. The molecule has 2 fully saturated rings. The highest BCUT2D eigenvalue weighted by molar-refractivity contribution is 5.37. The van der Waals surface area contributed by atoms with Crippen LogP contribution in [-0.2, 0) is 5.54 Å². The topological polar surface area (TPSA) is 52.0 Å². The van der Waals surface area contributed by atoms with Crippen LogP contribution in [0.4, 0.5) is 0 Å². The monoisotopic (exact) mass is 300 g/mol. The molecule has 0 bridgehead atoms. The fraction of sp³-hybridized carbons (Fsp3) is 0.700. The molecule has 0 radical (unpaired) electrons. The van der Waals surface area contributed by atoms with Crippen LogP contribution in [0, 0.1) is 5.41 Å². The van der Waals surface area contributed by atoms with E-state index in [4.69, 9.17) is 11.5 Å². The maximum Gasteiger partial charge on any atom is 0.0413 e. The molecule has 2 heteroatoms. The summed E-state index contributed by atoms with van der Waals surface area (Å²) in [5.74, 6) is 0.695. The van der Waals surface area contributed by atoms with Crippen LogP contribution in [-0.4, -0.2) is 6.04 Å². The van der Waals surface area contributed by atoms with Crippen LogP contribution < -0.4 is 11.5 Å². The molecule has 2 aliphatic carbocycles. The van der Waals surface area contributed by atoms with Crippen molar-refractivity contribution in [1.82, 2.24) is 0 Å². The predicted molar refractivity (Wildman–Crippen MR) is 93.7 cm³/mol. The normalized spacial score (nSPS) is 32.8. The average molecular weight is 300 g/mol. The van der Waals surface area contributed by atoms with Gasteiger partial charge in [-0.25, -0.2) is 0 Å². The summed E-state index contributed by atoms with van der Waals surface area (Å²) in [6, 6.07) is 9.32. The van der Waals surface area contributed by atoms with Crippen molar-refractivity contribution in [2.75, 3.05) is 0 Å². The van der Waals surface area contributed by atoms with Crippen LogP contribution in [0.2, 0.25) is 0 Å². The zero-order valence-electron chi connectivity index (χ0n) is 14.3. The van der Waals surface area contributed by atoms with Crippen molar-refractivity contribution < 1.29 is 0 Å². The fourth-order valence-electron chi connectivity index (χ4n) is 4.44. The van der Waals surface area contributed by atoms with Crippen molar-refractivity contribution in [3.05, 3.63) is 35.4 Å². The molecule has 2 nitrogen and oxygen atoms in total. The molecule has 0 saturated heterocycles. The highest BCUT2D eigenvalue weighted by Gasteiger charge is 2.36. The lowest BCUT2D eigenvalue weighted by atomic mass is 9.67. The quantitative estimate of drug-likeness (QED) is 0.849. The van der Waals surface area contributed by atoms with Crippen molar-refractivity contribution in [3.8, 4) is 0 Å². The number of benzene rings is 1. The fourth-order valence-corrected chi connectivity index (χ4v) is 4.44. The molecule has 1 aromatic carbocycles. The predicted octanol–water partition coefficient (Wildman–Crippen LogP) is 4.43. The molecule has 22 heavy (non-hydrogen) atoms. The number of nitrogens with two attached hydrogens (primary N) is 2. The second-order valence-electron chi connectivity index (χ2n) is 8.52. The molecule has 0 aliphatic heterocycles. The summed E-state index contributed by atoms with van der Waals surface area (Å²) >= 11 is 0. The van der Waals surface area contributed by atoms with Gasteiger partial charge in [0, 0.05) is 11.6 Å². The summed E-state index contributed by atoms with van der Waals surface area (Å²) in [4.78, 5) is 0. The third-order valence-corrected chi connectivity index (χ3v) is 6.20. The van der Waals surface area contributed by atoms with Gasteiger partial charge in [0.2, 0.25) is 0 Å². The molecule has 0 amide bonds. The van der Waals surface area contributed by atoms with Crippen molar-refractivity contribution in [2.45, 2.75) is 82.7 Å². The van der Waals surface area contributed by atoms with E-state index in [0.29, 0.717) is 17.4 Å². The van der Waals surface area contributed by atoms with Crippen molar-refractivity contribution in [2.24, 2.45) is 16.9 Å². The van der Waals surface area contributed by atoms with E-state index in [2.05, 4.69) is 38.1 Å². The standard InChI is InChI=1S/C20H32N2/c1-19(2)11-7-15(8-12-19)17-5-3-4-6-18(17)20(22)13-9-16(21)10-14-20/h3-6,15-16H,7-14,21-22H2,1-2H3. The van der Waals surface area contributed by atoms with Gasteiger partial charge < -0.3 is 11.5 Å². The van der Waals surface area contributed by atoms with E-state index < -0.39 is 0 Å². The maximum atomic E-state index is 6.85. The van der Waals surface area contributed by atoms with Crippen LogP contribution in [0.15, 0.2) is 24.3 Å². The molecule has 1 aromatic rings. The minimum absolute atomic E-state index is 0.153. The molecule has 122 valence electrons. The number of hydrogen-bond acceptors (Lipinski definition) is 2. The van der Waals surface area contributed by atoms with Gasteiger partial charge in [-0.2, -0.15) is 0 Å². The Kier molecular flexibility index (Phi) is 4.35. The van der Waals surface area contributed by atoms with Crippen molar-refractivity contribution in [3.63, 3.8) is 0 Å². The Labute approximate surface area is 135 Å². The summed E-state index contributed by atoms with van der Waals surface area (Å²) in [7, 11) is 0. The highest BCUT2D eigenvalue weighted by Crippen LogP contribution is 2.46. The zero-order chi connectivity index (χ0) is 15.8. The summed E-state index contributed by atoms with van der Waals surface area (Å²) in [5, 5.41) is 0. The van der Waals surface area contributed by atoms with E-state index in [9.17, 15) is 0 Å². The lowest BCUT2D eigenvalue weighted by Crippen LogP contribution is -2.44. The molecule has 3 rings (SSSR count). The summed E-state index contributed by atoms with van der Waals surface area (Å²) in [6.45, 7) is 4.81. The van der Waals surface area contributed by atoms with Crippen molar-refractivity contribution >= 4 is 0 Å². The SMILES string of the molecule is CC1(C)CCC(c2ccccc2C2(N)CCC(N)CC2)CC1. The Morgan fingerprint density at radius 3 is 2.14 bits per heavy atom. The van der Waals surface area contributed by atoms with Gasteiger partial charge in [0.15, 0.2) is 0 Å². The smallest absolute Gasteiger partial charge is 0.0413 e. The maximum absolute atomic E-state index is 6.85. The van der Waals surface area contributed by atoms with Gasteiger partial charge >= 0.3 is 0 Å². The summed E-state index contributed by atoms with van der Waals surface area (Å²) in [5.41, 5.74) is 16.2. The molecule has 4 N–H and O–H groups in total. The van der Waals surface area contributed by atoms with Crippen LogP contribution in [0.5, 0.6) is 0 Å². The molecular weight excluding hydrogens is 268 g/mol. The lowest BCUT2D eigenvalue weighted by molar-refractivity contribution is 0.220. The molecule has 2 aliphatic rings. The molecular formula is C20H32N2. The zero-order valence-corrected chi connectivity index (χ0v) is 14.3. The Morgan fingerprint density at radius 1 is 0.909 bits per heavy atom. The molecule has 2 saturated carbocycles. The average Bonchev–Trinajstić information content (AvgIpc) is 2.51. The second-order valence-corrected chi connectivity index (χ2v) is 8.52. The lowest BCUT2D eigenvalue weighted by Gasteiger charge is -2.40. The Morgan fingerprint density at radius 2 is 1.50 bits per heavy atom. The first-order chi connectivity index (χ1) is 10.4. The van der Waals surface area contributed by atoms with E-state index in [1.165, 1.54) is 36.8 Å². The van der Waals surface area contributed by atoms with Gasteiger partial charge in [0.05, 0.1) is 0 Å². The minimum atomic E-state index is -0.153. The molecule has 0 unspecified atom stereocenters. The van der Waals surface area contributed by atoms with Gasteiger partial charge in [-0.1, -0.05) is 38.1 Å². The first-order valence-corrected chi connectivity index (χ1v) is 9.04. The molecule has 0 atom stereocenters. The molecule has 0 aromatic heterocycles. The minimum Gasteiger partial charge on any atom is -0.328 e. The molecule has 0 spiro atoms. The largest absolute Gasteiger partial charge is 0.328 e. The van der Waals surface area contributed by atoms with E-state index in [1.807, 2.05) is 0 Å². The van der Waals surface area contributed by atoms with Gasteiger partial charge in [-0.15, -0.1) is 0 Å². The van der Waals surface area contributed by atoms with Crippen LogP contribution in [0.25, 0.3) is 0 Å². The Hall–Kier alpha value is -0.860. The van der Waals surface area contributed by atoms with E-state index in [-0.39, 0.29) is 5.54 Å². The summed E-state index contributed by atoms with van der Waals surface area (Å²) in [6.07, 6.45) is 9.44. The molecule has 0 heterocycles. The van der Waals surface area contributed by atoms with Crippen molar-refractivity contribution in [1.29, 1.82) is 0 Å². The van der Waals surface area contributed by atoms with E-state index in [0.717, 1.165) is 25.7 Å². The first kappa shape index (κ1) is 16.0. The van der Waals surface area contributed by atoms with Gasteiger partial charge in [-0.3, -0.25) is 0 Å². The second kappa shape index (κ2) is 5.98. The summed E-state index contributed by atoms with van der Waals surface area (Å²) < 4.78 is 0. The number of hydrogen-bond donors (Lipinski definition) is 2. The van der Waals surface area contributed by atoms with Gasteiger partial charge in [-0.05, 0) is 73.8 Å². The first-order valence-electron chi connectivity index (χ1n) is 9.04. The third-order valence-electron chi connectivity index (χ3n) is 6.20.